The van der Waals surface area contributed by atoms with Gasteiger partial charge in [0.2, 0.25) is 0 Å². The highest BCUT2D eigenvalue weighted by molar-refractivity contribution is 5.46. The molecule has 0 spiro atoms. The summed E-state index contributed by atoms with van der Waals surface area (Å²) >= 11 is 0. The molecule has 0 saturated carbocycles. The van der Waals surface area contributed by atoms with E-state index < -0.39 is 0 Å². The minimum atomic E-state index is 0.0165. The Morgan fingerprint density at radius 2 is 0.721 bits per heavy atom. The molecule has 0 bridgehead atoms. The third-order valence-corrected chi connectivity index (χ3v) is 7.25. The molecule has 6 rings (SSSR count). The minimum Gasteiger partial charge on any atom is -0.491 e. The molecule has 230 valence electrons. The number of epoxide rings is 3. The summed E-state index contributed by atoms with van der Waals surface area (Å²) in [4.78, 5) is 0. The molecule has 0 aromatic heterocycles. The molecule has 0 N–H and O–H groups in total. The van der Waals surface area contributed by atoms with Crippen molar-refractivity contribution in [1.82, 2.24) is 0 Å². The Morgan fingerprint density at radius 1 is 0.442 bits per heavy atom. The first kappa shape index (κ1) is 29.9. The van der Waals surface area contributed by atoms with Crippen LogP contribution >= 0.6 is 0 Å². The second kappa shape index (κ2) is 15.5. The van der Waals surface area contributed by atoms with Crippen LogP contribution in [0.3, 0.4) is 0 Å². The number of rotatable bonds is 21. The molecule has 9 nitrogen and oxygen atoms in total. The summed E-state index contributed by atoms with van der Waals surface area (Å²) in [6.07, 6.45) is 0.793. The van der Waals surface area contributed by atoms with E-state index in [2.05, 4.69) is 36.4 Å². The Balaban J connectivity index is 1.07. The normalized spacial score (nSPS) is 20.8. The lowest BCUT2D eigenvalue weighted by Crippen LogP contribution is -2.11. The fraction of sp³-hybridized carbons (Fsp3) is 0.471. The molecule has 3 fully saturated rings. The Labute approximate surface area is 252 Å². The van der Waals surface area contributed by atoms with Crippen LogP contribution in [0.4, 0.5) is 0 Å². The first-order valence-electron chi connectivity index (χ1n) is 15.1. The molecule has 3 aliphatic heterocycles. The first-order valence-corrected chi connectivity index (χ1v) is 15.1. The standard InChI is InChI=1S/C34H40O9/c1-7-28(38-16-13-35-19-31-22-41-31)8-2-25(1)34(26-3-9-29(10-4-26)39-17-14-36-20-32-23-42-32)27-5-11-30(12-6-27)40-18-15-37-21-33-24-43-33/h1-12,31-34H,13-24H2. The van der Waals surface area contributed by atoms with Gasteiger partial charge in [-0.05, 0) is 53.1 Å². The van der Waals surface area contributed by atoms with Gasteiger partial charge in [0.25, 0.3) is 0 Å². The Hall–Kier alpha value is -3.18. The molecular formula is C34H40O9. The summed E-state index contributed by atoms with van der Waals surface area (Å²) in [5.74, 6) is 2.45. The van der Waals surface area contributed by atoms with Crippen LogP contribution in [-0.2, 0) is 28.4 Å². The van der Waals surface area contributed by atoms with Crippen LogP contribution < -0.4 is 14.2 Å². The third kappa shape index (κ3) is 10.2. The van der Waals surface area contributed by atoms with Gasteiger partial charge in [0, 0.05) is 5.92 Å². The largest absolute Gasteiger partial charge is 0.491 e. The van der Waals surface area contributed by atoms with Crippen LogP contribution in [0.5, 0.6) is 17.2 Å². The fourth-order valence-corrected chi connectivity index (χ4v) is 4.64. The minimum absolute atomic E-state index is 0.0165. The predicted octanol–water partition coefficient (Wildman–Crippen LogP) is 4.25. The summed E-state index contributed by atoms with van der Waals surface area (Å²) < 4.78 is 49.9. The van der Waals surface area contributed by atoms with Crippen LogP contribution in [0.1, 0.15) is 22.6 Å². The lowest BCUT2D eigenvalue weighted by Gasteiger charge is -2.20. The van der Waals surface area contributed by atoms with Crippen LogP contribution in [0.15, 0.2) is 72.8 Å². The number of hydrogen-bond acceptors (Lipinski definition) is 9. The van der Waals surface area contributed by atoms with Gasteiger partial charge in [-0.1, -0.05) is 36.4 Å². The monoisotopic (exact) mass is 592 g/mol. The van der Waals surface area contributed by atoms with E-state index in [1.165, 1.54) is 0 Å². The molecule has 3 unspecified atom stereocenters. The lowest BCUT2D eigenvalue weighted by molar-refractivity contribution is 0.0878. The van der Waals surface area contributed by atoms with Crippen molar-refractivity contribution in [3.63, 3.8) is 0 Å². The van der Waals surface area contributed by atoms with Gasteiger partial charge in [0.05, 0.1) is 59.5 Å². The van der Waals surface area contributed by atoms with Gasteiger partial charge in [0.15, 0.2) is 0 Å². The second-order valence-corrected chi connectivity index (χ2v) is 10.8. The van der Waals surface area contributed by atoms with Gasteiger partial charge >= 0.3 is 0 Å². The molecule has 9 heteroatoms. The van der Waals surface area contributed by atoms with Crippen molar-refractivity contribution in [2.24, 2.45) is 0 Å². The Bertz CT molecular complexity index is 1060. The van der Waals surface area contributed by atoms with Crippen LogP contribution in [-0.4, -0.2) is 97.6 Å². The van der Waals surface area contributed by atoms with Crippen LogP contribution in [0.2, 0.25) is 0 Å². The summed E-state index contributed by atoms with van der Waals surface area (Å²) in [5, 5.41) is 0. The topological polar surface area (TPSA) is 93.0 Å². The quantitative estimate of drug-likeness (QED) is 0.102. The first-order chi connectivity index (χ1) is 21.3. The summed E-state index contributed by atoms with van der Waals surface area (Å²) in [5.41, 5.74) is 3.47. The Kier molecular flexibility index (Phi) is 10.8. The van der Waals surface area contributed by atoms with Crippen molar-refractivity contribution < 1.29 is 42.6 Å². The molecule has 3 atom stereocenters. The Morgan fingerprint density at radius 3 is 0.977 bits per heavy atom. The van der Waals surface area contributed by atoms with Gasteiger partial charge in [-0.25, -0.2) is 0 Å². The number of benzene rings is 3. The maximum absolute atomic E-state index is 5.90. The molecule has 0 amide bonds. The highest BCUT2D eigenvalue weighted by atomic mass is 16.6. The maximum Gasteiger partial charge on any atom is 0.119 e. The van der Waals surface area contributed by atoms with Crippen molar-refractivity contribution in [3.05, 3.63) is 89.5 Å². The number of ether oxygens (including phenoxy) is 9. The second-order valence-electron chi connectivity index (χ2n) is 10.8. The van der Waals surface area contributed by atoms with Crippen LogP contribution in [0, 0.1) is 0 Å². The van der Waals surface area contributed by atoms with Gasteiger partial charge in [-0.2, -0.15) is 0 Å². The van der Waals surface area contributed by atoms with E-state index in [-0.39, 0.29) is 24.2 Å². The smallest absolute Gasteiger partial charge is 0.119 e. The molecule has 3 aliphatic rings. The average molecular weight is 593 g/mol. The SMILES string of the molecule is c1cc(C(c2ccc(OCCOCC3CO3)cc2)c2ccc(OCCOCC3CO3)cc2)ccc1OCCOCC1CO1. The molecule has 43 heavy (non-hydrogen) atoms. The van der Waals surface area contributed by atoms with Crippen molar-refractivity contribution in [1.29, 1.82) is 0 Å². The van der Waals surface area contributed by atoms with Crippen molar-refractivity contribution in [2.75, 3.05) is 79.3 Å². The van der Waals surface area contributed by atoms with E-state index in [1.807, 2.05) is 36.4 Å². The molecule has 0 radical (unpaired) electrons. The molecular weight excluding hydrogens is 552 g/mol. The zero-order chi connectivity index (χ0) is 29.1. The van der Waals surface area contributed by atoms with Crippen LogP contribution in [0.25, 0.3) is 0 Å². The van der Waals surface area contributed by atoms with Gasteiger partial charge < -0.3 is 42.6 Å². The molecule has 0 aliphatic carbocycles. The van der Waals surface area contributed by atoms with E-state index in [1.54, 1.807) is 0 Å². The van der Waals surface area contributed by atoms with Gasteiger partial charge in [-0.15, -0.1) is 0 Å². The highest BCUT2D eigenvalue weighted by Gasteiger charge is 2.23. The van der Waals surface area contributed by atoms with Crippen molar-refractivity contribution in [2.45, 2.75) is 24.2 Å². The fourth-order valence-electron chi connectivity index (χ4n) is 4.64. The zero-order valence-corrected chi connectivity index (χ0v) is 24.4. The summed E-state index contributed by atoms with van der Waals surface area (Å²) in [6, 6.07) is 24.8. The highest BCUT2D eigenvalue weighted by Crippen LogP contribution is 2.34. The summed E-state index contributed by atoms with van der Waals surface area (Å²) in [7, 11) is 0. The predicted molar refractivity (Wildman–Crippen MR) is 158 cm³/mol. The maximum atomic E-state index is 5.90. The lowest BCUT2D eigenvalue weighted by atomic mass is 9.85. The molecule has 3 aromatic carbocycles. The number of hydrogen-bond donors (Lipinski definition) is 0. The van der Waals surface area contributed by atoms with E-state index in [0.29, 0.717) is 59.5 Å². The summed E-state index contributed by atoms with van der Waals surface area (Å²) in [6.45, 7) is 7.38. The van der Waals surface area contributed by atoms with Crippen molar-refractivity contribution in [3.8, 4) is 17.2 Å². The average Bonchev–Trinajstić information content (AvgIpc) is 3.88. The van der Waals surface area contributed by atoms with E-state index in [9.17, 15) is 0 Å². The van der Waals surface area contributed by atoms with Crippen molar-refractivity contribution >= 4 is 0 Å². The van der Waals surface area contributed by atoms with Gasteiger partial charge in [0.1, 0.15) is 55.4 Å². The molecule has 3 aromatic rings. The van der Waals surface area contributed by atoms with E-state index in [4.69, 9.17) is 42.6 Å². The van der Waals surface area contributed by atoms with Gasteiger partial charge in [-0.3, -0.25) is 0 Å². The van der Waals surface area contributed by atoms with E-state index >= 15 is 0 Å². The zero-order valence-electron chi connectivity index (χ0n) is 24.4. The molecule has 3 heterocycles. The molecule has 3 saturated heterocycles. The third-order valence-electron chi connectivity index (χ3n) is 7.25. The van der Waals surface area contributed by atoms with E-state index in [0.717, 1.165) is 53.8 Å².